The van der Waals surface area contributed by atoms with E-state index in [2.05, 4.69) is 15.4 Å². The SMILES string of the molecule is COc1ccc(Cn2nnc(N(Cc3cccc(C(F)(F)F)c3)C(=O)c3ccccc3)n2)cc1. The van der Waals surface area contributed by atoms with Gasteiger partial charge in [-0.1, -0.05) is 47.6 Å². The Labute approximate surface area is 193 Å². The summed E-state index contributed by atoms with van der Waals surface area (Å²) in [4.78, 5) is 15.8. The van der Waals surface area contributed by atoms with Crippen molar-refractivity contribution in [2.24, 2.45) is 0 Å². The van der Waals surface area contributed by atoms with Gasteiger partial charge in [-0.3, -0.25) is 9.69 Å². The molecule has 1 heterocycles. The zero-order chi connectivity index (χ0) is 24.1. The van der Waals surface area contributed by atoms with Crippen molar-refractivity contribution < 1.29 is 22.7 Å². The van der Waals surface area contributed by atoms with E-state index in [0.29, 0.717) is 11.3 Å². The molecule has 0 saturated heterocycles. The first kappa shape index (κ1) is 23.0. The van der Waals surface area contributed by atoms with Crippen LogP contribution < -0.4 is 9.64 Å². The van der Waals surface area contributed by atoms with E-state index in [1.54, 1.807) is 49.6 Å². The van der Waals surface area contributed by atoms with Crippen molar-refractivity contribution >= 4 is 11.9 Å². The molecule has 34 heavy (non-hydrogen) atoms. The van der Waals surface area contributed by atoms with Crippen molar-refractivity contribution in [2.75, 3.05) is 12.0 Å². The van der Waals surface area contributed by atoms with E-state index < -0.39 is 17.6 Å². The maximum Gasteiger partial charge on any atom is 0.416 e. The molecule has 0 fully saturated rings. The average molecular weight is 467 g/mol. The minimum absolute atomic E-state index is 0.0141. The number of nitrogens with zero attached hydrogens (tertiary/aromatic N) is 5. The van der Waals surface area contributed by atoms with Gasteiger partial charge in [0.1, 0.15) is 5.75 Å². The van der Waals surface area contributed by atoms with Gasteiger partial charge in [-0.2, -0.15) is 18.0 Å². The first-order valence-electron chi connectivity index (χ1n) is 10.3. The predicted molar refractivity (Wildman–Crippen MR) is 118 cm³/mol. The lowest BCUT2D eigenvalue weighted by molar-refractivity contribution is -0.137. The molecule has 3 aromatic carbocycles. The highest BCUT2D eigenvalue weighted by Gasteiger charge is 2.31. The van der Waals surface area contributed by atoms with E-state index in [0.717, 1.165) is 17.7 Å². The van der Waals surface area contributed by atoms with Crippen LogP contribution in [0.1, 0.15) is 27.0 Å². The minimum Gasteiger partial charge on any atom is -0.497 e. The zero-order valence-corrected chi connectivity index (χ0v) is 18.1. The Morgan fingerprint density at radius 3 is 2.38 bits per heavy atom. The van der Waals surface area contributed by atoms with Crippen LogP contribution in [0.2, 0.25) is 0 Å². The third-order valence-corrected chi connectivity index (χ3v) is 5.03. The van der Waals surface area contributed by atoms with Gasteiger partial charge < -0.3 is 4.74 Å². The number of aromatic nitrogens is 4. The van der Waals surface area contributed by atoms with Crippen LogP contribution in [0.5, 0.6) is 5.75 Å². The summed E-state index contributed by atoms with van der Waals surface area (Å²) in [5.41, 5.74) is 0.711. The molecule has 0 spiro atoms. The zero-order valence-electron chi connectivity index (χ0n) is 18.1. The van der Waals surface area contributed by atoms with Gasteiger partial charge in [0.2, 0.25) is 0 Å². The molecule has 0 saturated carbocycles. The smallest absolute Gasteiger partial charge is 0.416 e. The van der Waals surface area contributed by atoms with Crippen LogP contribution in [0.15, 0.2) is 78.9 Å². The number of hydrogen-bond donors (Lipinski definition) is 0. The Kier molecular flexibility index (Phi) is 6.58. The fraction of sp³-hybridized carbons (Fsp3) is 0.167. The Morgan fingerprint density at radius 2 is 1.71 bits per heavy atom. The molecule has 0 aliphatic rings. The molecule has 0 aliphatic heterocycles. The van der Waals surface area contributed by atoms with Gasteiger partial charge in [0.05, 0.1) is 25.8 Å². The molecule has 0 radical (unpaired) electrons. The van der Waals surface area contributed by atoms with Crippen LogP contribution in [0.3, 0.4) is 0 Å². The number of carbonyl (C=O) groups is 1. The number of halogens is 3. The molecular weight excluding hydrogens is 447 g/mol. The predicted octanol–water partition coefficient (Wildman–Crippen LogP) is 4.60. The number of methoxy groups -OCH3 is 1. The van der Waals surface area contributed by atoms with Crippen molar-refractivity contribution in [3.05, 3.63) is 101 Å². The van der Waals surface area contributed by atoms with Crippen LogP contribution in [0, 0.1) is 0 Å². The molecule has 0 bridgehead atoms. The third-order valence-electron chi connectivity index (χ3n) is 5.03. The molecule has 1 amide bonds. The van der Waals surface area contributed by atoms with Crippen LogP contribution >= 0.6 is 0 Å². The molecule has 4 aromatic rings. The molecule has 10 heteroatoms. The Hall–Kier alpha value is -4.21. The van der Waals surface area contributed by atoms with Crippen LogP contribution in [0.4, 0.5) is 19.1 Å². The topological polar surface area (TPSA) is 73.1 Å². The summed E-state index contributed by atoms with van der Waals surface area (Å²) < 4.78 is 44.7. The first-order valence-corrected chi connectivity index (χ1v) is 10.3. The van der Waals surface area contributed by atoms with E-state index in [9.17, 15) is 18.0 Å². The van der Waals surface area contributed by atoms with E-state index >= 15 is 0 Å². The van der Waals surface area contributed by atoms with Gasteiger partial charge in [0, 0.05) is 5.56 Å². The summed E-state index contributed by atoms with van der Waals surface area (Å²) in [6.07, 6.45) is -4.50. The summed E-state index contributed by atoms with van der Waals surface area (Å²) in [5.74, 6) is 0.235. The van der Waals surface area contributed by atoms with E-state index in [1.165, 1.54) is 21.8 Å². The van der Waals surface area contributed by atoms with Crippen molar-refractivity contribution in [3.8, 4) is 5.75 Å². The first-order chi connectivity index (χ1) is 16.3. The van der Waals surface area contributed by atoms with Gasteiger partial charge in [-0.05, 0) is 52.7 Å². The number of anilines is 1. The molecule has 0 aliphatic carbocycles. The van der Waals surface area contributed by atoms with Gasteiger partial charge in [0.15, 0.2) is 0 Å². The van der Waals surface area contributed by atoms with Gasteiger partial charge in [-0.15, -0.1) is 5.10 Å². The second kappa shape index (κ2) is 9.74. The quantitative estimate of drug-likeness (QED) is 0.397. The summed E-state index contributed by atoms with van der Waals surface area (Å²) in [6, 6.07) is 20.5. The number of benzene rings is 3. The second-order valence-electron chi connectivity index (χ2n) is 7.42. The standard InChI is InChI=1S/C24H20F3N5O2/c1-34-21-12-10-17(11-13-21)16-32-29-23(28-30-32)31(22(33)19-7-3-2-4-8-19)15-18-6-5-9-20(14-18)24(25,26)27/h2-14H,15-16H2,1H3. The molecule has 0 N–H and O–H groups in total. The monoisotopic (exact) mass is 467 g/mol. The van der Waals surface area contributed by atoms with E-state index in [1.807, 2.05) is 12.1 Å². The number of ether oxygens (including phenoxy) is 1. The largest absolute Gasteiger partial charge is 0.497 e. The number of alkyl halides is 3. The van der Waals surface area contributed by atoms with E-state index in [4.69, 9.17) is 4.74 Å². The fourth-order valence-corrected chi connectivity index (χ4v) is 3.30. The molecule has 0 unspecified atom stereocenters. The summed E-state index contributed by atoms with van der Waals surface area (Å²) in [6.45, 7) is 0.125. The normalized spacial score (nSPS) is 11.3. The summed E-state index contributed by atoms with van der Waals surface area (Å²) in [5, 5.41) is 12.3. The highest BCUT2D eigenvalue weighted by molar-refractivity contribution is 6.04. The number of amides is 1. The molecular formula is C24H20F3N5O2. The molecule has 4 rings (SSSR count). The lowest BCUT2D eigenvalue weighted by Gasteiger charge is -2.19. The number of carbonyl (C=O) groups excluding carboxylic acids is 1. The minimum atomic E-state index is -4.50. The maximum atomic E-state index is 13.2. The highest BCUT2D eigenvalue weighted by atomic mass is 19.4. The third kappa shape index (κ3) is 5.40. The number of rotatable bonds is 7. The number of tetrazole rings is 1. The van der Waals surface area contributed by atoms with Gasteiger partial charge in [-0.25, -0.2) is 0 Å². The van der Waals surface area contributed by atoms with Gasteiger partial charge in [0.25, 0.3) is 11.9 Å². The summed E-state index contributed by atoms with van der Waals surface area (Å²) in [7, 11) is 1.57. The van der Waals surface area contributed by atoms with Crippen molar-refractivity contribution in [1.82, 2.24) is 20.2 Å². The van der Waals surface area contributed by atoms with E-state index in [-0.39, 0.29) is 24.6 Å². The summed E-state index contributed by atoms with van der Waals surface area (Å²) >= 11 is 0. The van der Waals surface area contributed by atoms with Crippen molar-refractivity contribution in [1.29, 1.82) is 0 Å². The Morgan fingerprint density at radius 1 is 0.971 bits per heavy atom. The second-order valence-corrected chi connectivity index (χ2v) is 7.42. The molecule has 0 atom stereocenters. The van der Waals surface area contributed by atoms with Crippen molar-refractivity contribution in [2.45, 2.75) is 19.3 Å². The van der Waals surface area contributed by atoms with Crippen LogP contribution in [-0.4, -0.2) is 33.2 Å². The maximum absolute atomic E-state index is 13.2. The lowest BCUT2D eigenvalue weighted by atomic mass is 10.1. The number of hydrogen-bond acceptors (Lipinski definition) is 5. The van der Waals surface area contributed by atoms with Crippen LogP contribution in [0.25, 0.3) is 0 Å². The van der Waals surface area contributed by atoms with Gasteiger partial charge >= 0.3 is 6.18 Å². The lowest BCUT2D eigenvalue weighted by Crippen LogP contribution is -2.31. The van der Waals surface area contributed by atoms with Crippen molar-refractivity contribution in [3.63, 3.8) is 0 Å². The average Bonchev–Trinajstić information content (AvgIpc) is 3.31. The molecule has 174 valence electrons. The highest BCUT2D eigenvalue weighted by Crippen LogP contribution is 2.30. The van der Waals surface area contributed by atoms with Crippen LogP contribution in [-0.2, 0) is 19.3 Å². The Bertz CT molecular complexity index is 1260. The molecule has 7 nitrogen and oxygen atoms in total. The Balaban J connectivity index is 1.63. The molecule has 1 aromatic heterocycles. The fourth-order valence-electron chi connectivity index (χ4n) is 3.30.